The number of likely N-dealkylation sites (N-methyl/N-ethyl adjacent to an activating group) is 1. The molecule has 1 saturated heterocycles. The van der Waals surface area contributed by atoms with Gasteiger partial charge in [0.1, 0.15) is 0 Å². The van der Waals surface area contributed by atoms with Crippen LogP contribution in [-0.4, -0.2) is 31.1 Å². The highest BCUT2D eigenvalue weighted by molar-refractivity contribution is 5.21. The zero-order valence-electron chi connectivity index (χ0n) is 11.1. The number of nitrogens with one attached hydrogen (secondary N) is 1. The third-order valence-corrected chi connectivity index (χ3v) is 3.71. The molecule has 1 aliphatic heterocycles. The molecule has 1 unspecified atom stereocenters. The highest BCUT2D eigenvalue weighted by atomic mass is 15.2. The van der Waals surface area contributed by atoms with Crippen LogP contribution in [0.3, 0.4) is 0 Å². The van der Waals surface area contributed by atoms with E-state index in [9.17, 15) is 0 Å². The van der Waals surface area contributed by atoms with Gasteiger partial charge in [-0.2, -0.15) is 0 Å². The van der Waals surface area contributed by atoms with Crippen molar-refractivity contribution in [2.75, 3.05) is 20.1 Å². The van der Waals surface area contributed by atoms with Crippen LogP contribution in [0, 0.1) is 6.92 Å². The first-order chi connectivity index (χ1) is 8.25. The van der Waals surface area contributed by atoms with Crippen LogP contribution in [0.4, 0.5) is 0 Å². The number of hydrogen-bond donors (Lipinski definition) is 1. The number of piperidine rings is 1. The maximum atomic E-state index is 3.59. The molecule has 0 aliphatic carbocycles. The van der Waals surface area contributed by atoms with Crippen molar-refractivity contribution in [1.29, 1.82) is 0 Å². The zero-order chi connectivity index (χ0) is 12.1. The van der Waals surface area contributed by atoms with Crippen LogP contribution in [0.15, 0.2) is 24.3 Å². The second-order valence-corrected chi connectivity index (χ2v) is 5.25. The van der Waals surface area contributed by atoms with Gasteiger partial charge in [-0.15, -0.1) is 0 Å². The van der Waals surface area contributed by atoms with Crippen LogP contribution in [0.5, 0.6) is 0 Å². The Kier molecular flexibility index (Phi) is 4.57. The van der Waals surface area contributed by atoms with Crippen LogP contribution >= 0.6 is 0 Å². The number of nitrogens with zero attached hydrogens (tertiary/aromatic N) is 1. The molecule has 1 heterocycles. The van der Waals surface area contributed by atoms with Gasteiger partial charge >= 0.3 is 0 Å². The van der Waals surface area contributed by atoms with Crippen molar-refractivity contribution in [3.63, 3.8) is 0 Å². The molecule has 0 amide bonds. The molecule has 0 saturated carbocycles. The van der Waals surface area contributed by atoms with Gasteiger partial charge in [-0.25, -0.2) is 0 Å². The van der Waals surface area contributed by atoms with Crippen molar-refractivity contribution in [1.82, 2.24) is 10.2 Å². The zero-order valence-corrected chi connectivity index (χ0v) is 11.1. The molecule has 94 valence electrons. The summed E-state index contributed by atoms with van der Waals surface area (Å²) in [4.78, 5) is 2.49. The third-order valence-electron chi connectivity index (χ3n) is 3.71. The van der Waals surface area contributed by atoms with Gasteiger partial charge < -0.3 is 10.2 Å². The maximum Gasteiger partial charge on any atom is 0.0217 e. The van der Waals surface area contributed by atoms with E-state index < -0.39 is 0 Å². The summed E-state index contributed by atoms with van der Waals surface area (Å²) < 4.78 is 0. The molecule has 2 nitrogen and oxygen atoms in total. The molecule has 0 spiro atoms. The fraction of sp³-hybridized carbons (Fsp3) is 0.600. The van der Waals surface area contributed by atoms with E-state index in [-0.39, 0.29) is 0 Å². The summed E-state index contributed by atoms with van der Waals surface area (Å²) in [5.41, 5.74) is 2.74. The van der Waals surface area contributed by atoms with Crippen LogP contribution in [0.1, 0.15) is 30.4 Å². The number of hydrogen-bond acceptors (Lipinski definition) is 2. The Morgan fingerprint density at radius 3 is 3.00 bits per heavy atom. The largest absolute Gasteiger partial charge is 0.311 e. The minimum atomic E-state index is 0.730. The van der Waals surface area contributed by atoms with E-state index in [1.165, 1.54) is 36.9 Å². The fourth-order valence-corrected chi connectivity index (χ4v) is 2.61. The average molecular weight is 232 g/mol. The van der Waals surface area contributed by atoms with Crippen molar-refractivity contribution in [3.05, 3.63) is 35.4 Å². The first kappa shape index (κ1) is 12.6. The van der Waals surface area contributed by atoms with Gasteiger partial charge in [-0.3, -0.25) is 0 Å². The van der Waals surface area contributed by atoms with Gasteiger partial charge in [0, 0.05) is 19.1 Å². The van der Waals surface area contributed by atoms with Crippen molar-refractivity contribution < 1.29 is 0 Å². The average Bonchev–Trinajstić information content (AvgIpc) is 2.32. The minimum Gasteiger partial charge on any atom is -0.311 e. The molecule has 2 heteroatoms. The summed E-state index contributed by atoms with van der Waals surface area (Å²) in [6.45, 7) is 5.52. The smallest absolute Gasteiger partial charge is 0.0217 e. The quantitative estimate of drug-likeness (QED) is 0.858. The molecule has 1 fully saturated rings. The molecule has 0 bridgehead atoms. The number of benzene rings is 1. The molecule has 1 aromatic rings. The predicted molar refractivity (Wildman–Crippen MR) is 73.2 cm³/mol. The highest BCUT2D eigenvalue weighted by Gasteiger charge is 2.17. The first-order valence-corrected chi connectivity index (χ1v) is 6.72. The van der Waals surface area contributed by atoms with Gasteiger partial charge in [0.15, 0.2) is 0 Å². The normalized spacial score (nSPS) is 21.6. The van der Waals surface area contributed by atoms with Crippen LogP contribution in [0.2, 0.25) is 0 Å². The second kappa shape index (κ2) is 6.18. The maximum absolute atomic E-state index is 3.59. The molecule has 1 aliphatic rings. The molecule has 17 heavy (non-hydrogen) atoms. The lowest BCUT2D eigenvalue weighted by molar-refractivity contribution is 0.181. The van der Waals surface area contributed by atoms with E-state index in [1.807, 2.05) is 0 Å². The van der Waals surface area contributed by atoms with Crippen molar-refractivity contribution in [3.8, 4) is 0 Å². The van der Waals surface area contributed by atoms with E-state index in [4.69, 9.17) is 0 Å². The van der Waals surface area contributed by atoms with E-state index in [1.54, 1.807) is 0 Å². The standard InChI is InChI=1S/C15H24N2/c1-13-6-5-7-14(10-13)11-16-12-15-8-3-4-9-17(15)2/h5-7,10,15-16H,3-4,8-9,11-12H2,1-2H3. The summed E-state index contributed by atoms with van der Waals surface area (Å²) in [7, 11) is 2.25. The molecule has 0 radical (unpaired) electrons. The number of rotatable bonds is 4. The third kappa shape index (κ3) is 3.83. The Hall–Kier alpha value is -0.860. The molecular formula is C15H24N2. The van der Waals surface area contributed by atoms with E-state index in [0.29, 0.717) is 0 Å². The molecule has 2 rings (SSSR count). The van der Waals surface area contributed by atoms with E-state index in [0.717, 1.165) is 19.1 Å². The molecule has 1 N–H and O–H groups in total. The van der Waals surface area contributed by atoms with Crippen LogP contribution in [0.25, 0.3) is 0 Å². The highest BCUT2D eigenvalue weighted by Crippen LogP contribution is 2.14. The Morgan fingerprint density at radius 2 is 2.24 bits per heavy atom. The molecular weight excluding hydrogens is 208 g/mol. The first-order valence-electron chi connectivity index (χ1n) is 6.72. The van der Waals surface area contributed by atoms with E-state index >= 15 is 0 Å². The lowest BCUT2D eigenvalue weighted by atomic mass is 10.0. The molecule has 1 atom stereocenters. The lowest BCUT2D eigenvalue weighted by Crippen LogP contribution is -2.42. The van der Waals surface area contributed by atoms with E-state index in [2.05, 4.69) is 48.5 Å². The van der Waals surface area contributed by atoms with Gasteiger partial charge in [0.25, 0.3) is 0 Å². The van der Waals surface area contributed by atoms with Gasteiger partial charge in [-0.05, 0) is 38.9 Å². The molecule has 0 aromatic heterocycles. The van der Waals surface area contributed by atoms with Crippen molar-refractivity contribution in [2.24, 2.45) is 0 Å². The lowest BCUT2D eigenvalue weighted by Gasteiger charge is -2.32. The SMILES string of the molecule is Cc1cccc(CNCC2CCCCN2C)c1. The summed E-state index contributed by atoms with van der Waals surface area (Å²) in [5, 5.41) is 3.59. The van der Waals surface area contributed by atoms with Gasteiger partial charge in [0.05, 0.1) is 0 Å². The Bertz CT molecular complexity index is 349. The Labute approximate surface area is 105 Å². The van der Waals surface area contributed by atoms with Crippen LogP contribution in [-0.2, 0) is 6.54 Å². The minimum absolute atomic E-state index is 0.730. The predicted octanol–water partition coefficient (Wildman–Crippen LogP) is 2.57. The van der Waals surface area contributed by atoms with Crippen molar-refractivity contribution >= 4 is 0 Å². The summed E-state index contributed by atoms with van der Waals surface area (Å²) in [5.74, 6) is 0. The second-order valence-electron chi connectivity index (χ2n) is 5.25. The summed E-state index contributed by atoms with van der Waals surface area (Å²) >= 11 is 0. The number of aryl methyl sites for hydroxylation is 1. The van der Waals surface area contributed by atoms with Crippen LogP contribution < -0.4 is 5.32 Å². The fourth-order valence-electron chi connectivity index (χ4n) is 2.61. The Balaban J connectivity index is 1.75. The summed E-state index contributed by atoms with van der Waals surface area (Å²) in [6, 6.07) is 9.48. The van der Waals surface area contributed by atoms with Gasteiger partial charge in [-0.1, -0.05) is 36.2 Å². The van der Waals surface area contributed by atoms with Crippen molar-refractivity contribution in [2.45, 2.75) is 38.8 Å². The number of likely N-dealkylation sites (tertiary alicyclic amines) is 1. The summed E-state index contributed by atoms with van der Waals surface area (Å²) in [6.07, 6.45) is 4.10. The van der Waals surface area contributed by atoms with Gasteiger partial charge in [0.2, 0.25) is 0 Å². The topological polar surface area (TPSA) is 15.3 Å². The molecule has 1 aromatic carbocycles. The monoisotopic (exact) mass is 232 g/mol. The Morgan fingerprint density at radius 1 is 1.35 bits per heavy atom.